The molecule has 33 heavy (non-hydrogen) atoms. The Labute approximate surface area is 197 Å². The van der Waals surface area contributed by atoms with Gasteiger partial charge in [-0.25, -0.2) is 4.98 Å². The van der Waals surface area contributed by atoms with E-state index in [1.807, 2.05) is 41.5 Å². The van der Waals surface area contributed by atoms with Gasteiger partial charge in [0.1, 0.15) is 0 Å². The van der Waals surface area contributed by atoms with Crippen molar-refractivity contribution in [3.05, 3.63) is 33.8 Å². The number of carbonyl (C=O) groups is 2. The summed E-state index contributed by atoms with van der Waals surface area (Å²) >= 11 is 0. The first-order chi connectivity index (χ1) is 15.4. The molecule has 2 aromatic rings. The number of carbonyl (C=O) groups excluding carboxylic acids is 2. The molecule has 0 aliphatic heterocycles. The molecule has 1 atom stereocenters. The predicted octanol–water partition coefficient (Wildman–Crippen LogP) is 4.43. The number of nitrogens with zero attached hydrogens (tertiary/aromatic N) is 3. The smallest absolute Gasteiger partial charge is 0.316 e. The third kappa shape index (κ3) is 4.07. The number of anilines is 1. The van der Waals surface area contributed by atoms with Crippen LogP contribution in [0.15, 0.2) is 4.42 Å². The Morgan fingerprint density at radius 2 is 1.55 bits per heavy atom. The number of aromatic nitrogens is 1. The third-order valence-electron chi connectivity index (χ3n) is 7.61. The number of hydrogen-bond acceptors (Lipinski definition) is 5. The molecule has 1 unspecified atom stereocenters. The SMILES string of the molecule is COCC(C)C1(N(C)C(=O)C(=O)N(C)c2c(C)c(C)c(-c3oc(C)nc3C)c(C)c2C)CC1. The lowest BCUT2D eigenvalue weighted by atomic mass is 9.89. The van der Waals surface area contributed by atoms with E-state index >= 15 is 0 Å². The average molecular weight is 456 g/mol. The lowest BCUT2D eigenvalue weighted by molar-refractivity contribution is -0.146. The predicted molar refractivity (Wildman–Crippen MR) is 130 cm³/mol. The first-order valence-electron chi connectivity index (χ1n) is 11.5. The Bertz CT molecular complexity index is 1070. The number of oxazole rings is 1. The third-order valence-corrected chi connectivity index (χ3v) is 7.61. The van der Waals surface area contributed by atoms with Crippen molar-refractivity contribution in [1.82, 2.24) is 9.88 Å². The second kappa shape index (κ2) is 8.93. The maximum atomic E-state index is 13.4. The Balaban J connectivity index is 1.97. The van der Waals surface area contributed by atoms with Crippen LogP contribution >= 0.6 is 0 Å². The minimum atomic E-state index is -0.530. The zero-order valence-corrected chi connectivity index (χ0v) is 21.7. The second-order valence-corrected chi connectivity index (χ2v) is 9.56. The van der Waals surface area contributed by atoms with E-state index in [-0.39, 0.29) is 11.5 Å². The van der Waals surface area contributed by atoms with Crippen LogP contribution in [0.4, 0.5) is 5.69 Å². The Hall–Kier alpha value is -2.67. The van der Waals surface area contributed by atoms with Gasteiger partial charge < -0.3 is 19.0 Å². The molecule has 1 heterocycles. The zero-order chi connectivity index (χ0) is 24.8. The van der Waals surface area contributed by atoms with E-state index < -0.39 is 11.8 Å². The van der Waals surface area contributed by atoms with Crippen LogP contribution in [0.2, 0.25) is 0 Å². The van der Waals surface area contributed by atoms with Gasteiger partial charge in [-0.05, 0) is 69.7 Å². The van der Waals surface area contributed by atoms with E-state index in [4.69, 9.17) is 9.15 Å². The Kier molecular flexibility index (Phi) is 6.76. The van der Waals surface area contributed by atoms with Gasteiger partial charge in [0.15, 0.2) is 11.7 Å². The van der Waals surface area contributed by atoms with E-state index in [1.54, 1.807) is 26.1 Å². The average Bonchev–Trinajstić information content (AvgIpc) is 3.51. The molecule has 7 heteroatoms. The van der Waals surface area contributed by atoms with Crippen molar-refractivity contribution in [3.63, 3.8) is 0 Å². The topological polar surface area (TPSA) is 75.9 Å². The minimum absolute atomic E-state index is 0.162. The van der Waals surface area contributed by atoms with Crippen molar-refractivity contribution in [2.75, 3.05) is 32.7 Å². The molecule has 0 spiro atoms. The summed E-state index contributed by atoms with van der Waals surface area (Å²) in [5.41, 5.74) is 6.23. The standard InChI is InChI=1S/C26H37N3O4/c1-14(13-32-10)26(11-12-26)29(9)25(31)24(30)28(8)22-17(4)15(2)21(16(3)18(22)5)23-19(6)27-20(7)33-23/h14H,11-13H2,1-10H3. The van der Waals surface area contributed by atoms with E-state index in [1.165, 1.54) is 4.90 Å². The van der Waals surface area contributed by atoms with Crippen LogP contribution < -0.4 is 4.90 Å². The van der Waals surface area contributed by atoms with Crippen molar-refractivity contribution in [2.24, 2.45) is 5.92 Å². The summed E-state index contributed by atoms with van der Waals surface area (Å²) < 4.78 is 11.2. The zero-order valence-electron chi connectivity index (χ0n) is 21.7. The van der Waals surface area contributed by atoms with Gasteiger partial charge in [0.25, 0.3) is 0 Å². The molecule has 0 saturated heterocycles. The van der Waals surface area contributed by atoms with Crippen LogP contribution in [-0.2, 0) is 14.3 Å². The molecular formula is C26H37N3O4. The molecule has 1 aromatic carbocycles. The van der Waals surface area contributed by atoms with Crippen LogP contribution in [-0.4, -0.2) is 55.0 Å². The number of hydrogen-bond donors (Lipinski definition) is 0. The lowest BCUT2D eigenvalue weighted by Gasteiger charge is -2.34. The Morgan fingerprint density at radius 1 is 1.00 bits per heavy atom. The van der Waals surface area contributed by atoms with Crippen LogP contribution in [0, 0.1) is 47.5 Å². The molecule has 1 fully saturated rings. The van der Waals surface area contributed by atoms with Gasteiger partial charge in [0.05, 0.1) is 18.0 Å². The molecule has 7 nitrogen and oxygen atoms in total. The van der Waals surface area contributed by atoms with Crippen molar-refractivity contribution in [1.29, 1.82) is 0 Å². The number of amides is 2. The van der Waals surface area contributed by atoms with Gasteiger partial charge in [0, 0.05) is 45.1 Å². The van der Waals surface area contributed by atoms with Crippen LogP contribution in [0.25, 0.3) is 11.3 Å². The molecule has 1 aliphatic carbocycles. The Morgan fingerprint density at radius 3 is 1.97 bits per heavy atom. The molecule has 0 N–H and O–H groups in total. The van der Waals surface area contributed by atoms with E-state index in [0.717, 1.165) is 57.8 Å². The second-order valence-electron chi connectivity index (χ2n) is 9.56. The van der Waals surface area contributed by atoms with E-state index in [0.29, 0.717) is 12.5 Å². The normalized spacial score (nSPS) is 15.3. The molecular weight excluding hydrogens is 418 g/mol. The van der Waals surface area contributed by atoms with Crippen molar-refractivity contribution < 1.29 is 18.7 Å². The summed E-state index contributed by atoms with van der Waals surface area (Å²) in [4.78, 5) is 34.2. The number of aryl methyl sites for hydroxylation is 2. The number of ether oxygens (including phenoxy) is 1. The first kappa shape index (κ1) is 25.0. The molecule has 1 aliphatic rings. The first-order valence-corrected chi connectivity index (χ1v) is 11.5. The van der Waals surface area contributed by atoms with Crippen molar-refractivity contribution >= 4 is 17.5 Å². The molecule has 0 radical (unpaired) electrons. The largest absolute Gasteiger partial charge is 0.441 e. The number of methoxy groups -OCH3 is 1. The summed E-state index contributed by atoms with van der Waals surface area (Å²) in [6.07, 6.45) is 1.77. The minimum Gasteiger partial charge on any atom is -0.441 e. The highest BCUT2D eigenvalue weighted by Gasteiger charge is 2.53. The maximum Gasteiger partial charge on any atom is 0.316 e. The van der Waals surface area contributed by atoms with Gasteiger partial charge in [-0.1, -0.05) is 6.92 Å². The summed E-state index contributed by atoms with van der Waals surface area (Å²) in [7, 11) is 5.08. The molecule has 1 aromatic heterocycles. The maximum absolute atomic E-state index is 13.4. The van der Waals surface area contributed by atoms with Gasteiger partial charge in [-0.2, -0.15) is 0 Å². The fraction of sp³-hybridized carbons (Fsp3) is 0.577. The number of rotatable bonds is 6. The van der Waals surface area contributed by atoms with E-state index in [9.17, 15) is 9.59 Å². The summed E-state index contributed by atoms with van der Waals surface area (Å²) in [5, 5.41) is 0. The van der Waals surface area contributed by atoms with Crippen LogP contribution in [0.1, 0.15) is 53.6 Å². The van der Waals surface area contributed by atoms with Crippen LogP contribution in [0.5, 0.6) is 0 Å². The molecule has 1 saturated carbocycles. The fourth-order valence-corrected chi connectivity index (χ4v) is 5.18. The van der Waals surface area contributed by atoms with Gasteiger partial charge in [-0.15, -0.1) is 0 Å². The lowest BCUT2D eigenvalue weighted by Crippen LogP contribution is -2.51. The molecule has 0 bridgehead atoms. The fourth-order valence-electron chi connectivity index (χ4n) is 5.18. The van der Waals surface area contributed by atoms with E-state index in [2.05, 4.69) is 11.9 Å². The summed E-state index contributed by atoms with van der Waals surface area (Å²) in [6, 6.07) is 0. The highest BCUT2D eigenvalue weighted by Crippen LogP contribution is 2.47. The van der Waals surface area contributed by atoms with Gasteiger partial charge in [0.2, 0.25) is 0 Å². The number of likely N-dealkylation sites (N-methyl/N-ethyl adjacent to an activating group) is 2. The molecule has 3 rings (SSSR count). The van der Waals surface area contributed by atoms with Crippen molar-refractivity contribution in [2.45, 2.75) is 66.8 Å². The summed E-state index contributed by atoms with van der Waals surface area (Å²) in [6.45, 7) is 14.4. The highest BCUT2D eigenvalue weighted by molar-refractivity contribution is 6.40. The number of benzene rings is 1. The summed E-state index contributed by atoms with van der Waals surface area (Å²) in [5.74, 6) is 0.525. The quantitative estimate of drug-likeness (QED) is 0.603. The molecule has 180 valence electrons. The van der Waals surface area contributed by atoms with Gasteiger partial charge >= 0.3 is 11.8 Å². The highest BCUT2D eigenvalue weighted by atomic mass is 16.5. The van der Waals surface area contributed by atoms with Crippen LogP contribution in [0.3, 0.4) is 0 Å². The molecule has 2 amide bonds. The van der Waals surface area contributed by atoms with Gasteiger partial charge in [-0.3, -0.25) is 9.59 Å². The van der Waals surface area contributed by atoms with Crippen molar-refractivity contribution in [3.8, 4) is 11.3 Å². The monoisotopic (exact) mass is 455 g/mol.